The van der Waals surface area contributed by atoms with E-state index < -0.39 is 42.6 Å². The third-order valence-corrected chi connectivity index (χ3v) is 3.86. The summed E-state index contributed by atoms with van der Waals surface area (Å²) in [4.78, 5) is 23.3. The van der Waals surface area contributed by atoms with Crippen LogP contribution in [0.5, 0.6) is 5.75 Å². The van der Waals surface area contributed by atoms with Gasteiger partial charge in [-0.25, -0.2) is 4.79 Å². The van der Waals surface area contributed by atoms with E-state index in [9.17, 15) is 19.8 Å². The fourth-order valence-electron chi connectivity index (χ4n) is 2.51. The molecule has 8 nitrogen and oxygen atoms in total. The highest BCUT2D eigenvalue weighted by Gasteiger charge is 2.47. The maximum absolute atomic E-state index is 12.1. The van der Waals surface area contributed by atoms with Gasteiger partial charge in [-0.2, -0.15) is 0 Å². The highest BCUT2D eigenvalue weighted by molar-refractivity contribution is 5.87. The Labute approximate surface area is 150 Å². The summed E-state index contributed by atoms with van der Waals surface area (Å²) in [6.07, 6.45) is -3.47. The smallest absolute Gasteiger partial charge is 0.331 e. The molecule has 8 heteroatoms. The second kappa shape index (κ2) is 8.79. The Kier molecular flexibility index (Phi) is 6.73. The largest absolute Gasteiger partial charge is 0.497 e. The molecule has 142 valence electrons. The van der Waals surface area contributed by atoms with Crippen molar-refractivity contribution in [2.75, 3.05) is 7.11 Å². The molecule has 1 fully saturated rings. The number of benzene rings is 1. The van der Waals surface area contributed by atoms with Crippen LogP contribution in [0.4, 0.5) is 0 Å². The van der Waals surface area contributed by atoms with Crippen LogP contribution in [-0.4, -0.2) is 60.0 Å². The van der Waals surface area contributed by atoms with E-state index in [-0.39, 0.29) is 0 Å². The Morgan fingerprint density at radius 2 is 1.77 bits per heavy atom. The number of aliphatic hydroxyl groups is 2. The fourth-order valence-corrected chi connectivity index (χ4v) is 2.51. The van der Waals surface area contributed by atoms with Crippen molar-refractivity contribution in [2.45, 2.75) is 44.6 Å². The Morgan fingerprint density at radius 3 is 2.35 bits per heavy atom. The van der Waals surface area contributed by atoms with Crippen LogP contribution in [-0.2, 0) is 23.8 Å². The van der Waals surface area contributed by atoms with Gasteiger partial charge in [0.2, 0.25) is 0 Å². The van der Waals surface area contributed by atoms with Crippen molar-refractivity contribution in [2.24, 2.45) is 0 Å². The lowest BCUT2D eigenvalue weighted by molar-refractivity contribution is -0.284. The number of methoxy groups -OCH3 is 1. The van der Waals surface area contributed by atoms with Gasteiger partial charge in [0.15, 0.2) is 18.5 Å². The van der Waals surface area contributed by atoms with Gasteiger partial charge in [0.1, 0.15) is 11.9 Å². The molecule has 0 bridgehead atoms. The van der Waals surface area contributed by atoms with Crippen molar-refractivity contribution >= 4 is 18.0 Å². The Morgan fingerprint density at radius 1 is 1.12 bits per heavy atom. The molecule has 1 aromatic rings. The van der Waals surface area contributed by atoms with E-state index >= 15 is 0 Å². The summed E-state index contributed by atoms with van der Waals surface area (Å²) in [7, 11) is 1.55. The first-order valence-electron chi connectivity index (χ1n) is 8.03. The molecule has 0 amide bonds. The van der Waals surface area contributed by atoms with E-state index in [4.69, 9.17) is 18.9 Å². The van der Waals surface area contributed by atoms with Gasteiger partial charge in [0, 0.05) is 13.0 Å². The number of hydrogen-bond donors (Lipinski definition) is 2. The van der Waals surface area contributed by atoms with Crippen LogP contribution in [0.25, 0.3) is 6.08 Å². The molecule has 1 aromatic carbocycles. The fraction of sp³-hybridized carbons (Fsp3) is 0.444. The van der Waals surface area contributed by atoms with Crippen molar-refractivity contribution in [1.29, 1.82) is 0 Å². The van der Waals surface area contributed by atoms with E-state index in [2.05, 4.69) is 0 Å². The zero-order valence-electron chi connectivity index (χ0n) is 14.7. The number of carbonyl (C=O) groups is 2. The highest BCUT2D eigenvalue weighted by Crippen LogP contribution is 2.25. The number of esters is 2. The molecule has 1 aliphatic rings. The number of hydrogen-bond acceptors (Lipinski definition) is 8. The molecular weight excluding hydrogens is 344 g/mol. The Balaban J connectivity index is 2.07. The highest BCUT2D eigenvalue weighted by atomic mass is 16.7. The van der Waals surface area contributed by atoms with Gasteiger partial charge in [-0.1, -0.05) is 12.1 Å². The van der Waals surface area contributed by atoms with E-state index in [0.29, 0.717) is 5.75 Å². The third kappa shape index (κ3) is 5.04. The quantitative estimate of drug-likeness (QED) is 0.577. The topological polar surface area (TPSA) is 112 Å². The van der Waals surface area contributed by atoms with E-state index in [0.717, 1.165) is 12.5 Å². The van der Waals surface area contributed by atoms with E-state index in [1.165, 1.54) is 19.1 Å². The summed E-state index contributed by atoms with van der Waals surface area (Å²) in [5.41, 5.74) is 0.736. The first-order valence-corrected chi connectivity index (χ1v) is 8.03. The van der Waals surface area contributed by atoms with Crippen molar-refractivity contribution in [3.63, 3.8) is 0 Å². The molecule has 2 N–H and O–H groups in total. The second-order valence-corrected chi connectivity index (χ2v) is 5.80. The van der Waals surface area contributed by atoms with E-state index in [1.54, 1.807) is 31.4 Å². The van der Waals surface area contributed by atoms with Gasteiger partial charge in [-0.15, -0.1) is 0 Å². The van der Waals surface area contributed by atoms with Gasteiger partial charge >= 0.3 is 11.9 Å². The number of ether oxygens (including phenoxy) is 4. The minimum Gasteiger partial charge on any atom is -0.497 e. The van der Waals surface area contributed by atoms with Crippen LogP contribution in [0.2, 0.25) is 0 Å². The van der Waals surface area contributed by atoms with Crippen molar-refractivity contribution in [3.8, 4) is 5.75 Å². The van der Waals surface area contributed by atoms with Crippen LogP contribution in [0.3, 0.4) is 0 Å². The number of carbonyl (C=O) groups excluding carboxylic acids is 2. The minimum absolute atomic E-state index is 0.683. The monoisotopic (exact) mass is 366 g/mol. The number of rotatable bonds is 5. The summed E-state index contributed by atoms with van der Waals surface area (Å²) in [6.45, 7) is 2.64. The molecule has 26 heavy (non-hydrogen) atoms. The van der Waals surface area contributed by atoms with Crippen molar-refractivity contribution in [3.05, 3.63) is 35.9 Å². The van der Waals surface area contributed by atoms with Crippen LogP contribution in [0.1, 0.15) is 19.4 Å². The summed E-state index contributed by atoms with van der Waals surface area (Å²) in [5, 5.41) is 20.1. The van der Waals surface area contributed by atoms with Crippen LogP contribution in [0.15, 0.2) is 30.3 Å². The average molecular weight is 366 g/mol. The molecular formula is C18H22O8. The lowest BCUT2D eigenvalue weighted by atomic mass is 9.99. The molecule has 1 saturated heterocycles. The zero-order valence-corrected chi connectivity index (χ0v) is 14.7. The summed E-state index contributed by atoms with van der Waals surface area (Å²) < 4.78 is 20.3. The molecule has 0 unspecified atom stereocenters. The minimum atomic E-state index is -1.51. The summed E-state index contributed by atoms with van der Waals surface area (Å²) in [6, 6.07) is 6.98. The zero-order chi connectivity index (χ0) is 19.3. The van der Waals surface area contributed by atoms with Gasteiger partial charge < -0.3 is 29.2 Å². The van der Waals surface area contributed by atoms with Crippen LogP contribution >= 0.6 is 0 Å². The van der Waals surface area contributed by atoms with Gasteiger partial charge in [0.05, 0.1) is 13.2 Å². The van der Waals surface area contributed by atoms with Crippen LogP contribution in [0, 0.1) is 0 Å². The maximum atomic E-state index is 12.1. The SMILES string of the molecule is COc1ccc(/C=C/C(=O)O[C@@H]2[C@@H](O)[C@H](C)O[C@@H](O)[C@@H]2OC(C)=O)cc1. The molecule has 0 spiro atoms. The first kappa shape index (κ1) is 19.9. The predicted octanol–water partition coefficient (Wildman–Crippen LogP) is 0.650. The summed E-state index contributed by atoms with van der Waals surface area (Å²) >= 11 is 0. The summed E-state index contributed by atoms with van der Waals surface area (Å²) in [5.74, 6) is -0.778. The predicted molar refractivity (Wildman–Crippen MR) is 90.0 cm³/mol. The van der Waals surface area contributed by atoms with Gasteiger partial charge in [0.25, 0.3) is 0 Å². The van der Waals surface area contributed by atoms with Gasteiger partial charge in [-0.3, -0.25) is 4.79 Å². The molecule has 0 saturated carbocycles. The molecule has 1 heterocycles. The van der Waals surface area contributed by atoms with Crippen molar-refractivity contribution < 1.29 is 38.7 Å². The molecule has 0 radical (unpaired) electrons. The lowest BCUT2D eigenvalue weighted by Crippen LogP contribution is -2.59. The molecule has 2 rings (SSSR count). The van der Waals surface area contributed by atoms with Crippen LogP contribution < -0.4 is 4.74 Å². The molecule has 1 aliphatic heterocycles. The number of aliphatic hydroxyl groups excluding tert-OH is 2. The third-order valence-electron chi connectivity index (χ3n) is 3.86. The molecule has 5 atom stereocenters. The average Bonchev–Trinajstić information content (AvgIpc) is 2.61. The standard InChI is InChI=1S/C18H22O8/c1-10-15(21)16(17(18(22)24-10)25-11(2)19)26-14(20)9-6-12-4-7-13(23-3)8-5-12/h4-10,15-18,21-22H,1-3H3/b9-6+/t10-,15-,16+,17+,18+/m0/s1. The Bertz CT molecular complexity index is 654. The maximum Gasteiger partial charge on any atom is 0.331 e. The molecule has 0 aromatic heterocycles. The second-order valence-electron chi connectivity index (χ2n) is 5.80. The lowest BCUT2D eigenvalue weighted by Gasteiger charge is -2.40. The van der Waals surface area contributed by atoms with Crippen molar-refractivity contribution in [1.82, 2.24) is 0 Å². The van der Waals surface area contributed by atoms with Gasteiger partial charge in [-0.05, 0) is 30.7 Å². The first-order chi connectivity index (χ1) is 12.3. The molecule has 0 aliphatic carbocycles. The Hall–Kier alpha value is -2.42. The normalized spacial score (nSPS) is 28.6. The van der Waals surface area contributed by atoms with E-state index in [1.807, 2.05) is 0 Å².